The Morgan fingerprint density at radius 1 is 0.476 bits per heavy atom. The summed E-state index contributed by atoms with van der Waals surface area (Å²) in [6.45, 7) is 4.71. The molecule has 0 bridgehead atoms. The van der Waals surface area contributed by atoms with Crippen molar-refractivity contribution in [2.45, 2.75) is 24.7 Å². The predicted molar refractivity (Wildman–Crippen MR) is 257 cm³/mol. The van der Waals surface area contributed by atoms with Crippen molar-refractivity contribution in [3.63, 3.8) is 0 Å². The number of imidazole rings is 1. The molecule has 2 aliphatic carbocycles. The van der Waals surface area contributed by atoms with Crippen molar-refractivity contribution >= 4 is 27.3 Å². The number of fused-ring (bicyclic) bond motifs is 10. The van der Waals surface area contributed by atoms with Crippen LogP contribution in [-0.4, -0.2) is 19.4 Å². The molecule has 0 fully saturated rings. The molecular weight excluding hydrogens is 765 g/mol. The molecule has 296 valence electrons. The van der Waals surface area contributed by atoms with Crippen LogP contribution in [-0.2, 0) is 10.8 Å². The van der Waals surface area contributed by atoms with Crippen LogP contribution in [0.1, 0.15) is 47.2 Å². The first-order valence-corrected chi connectivity index (χ1v) is 21.7. The number of hydrogen-bond donors (Lipinski definition) is 0. The van der Waals surface area contributed by atoms with Gasteiger partial charge in [-0.2, -0.15) is 0 Å². The standard InChI is InChI=1S/C59H40N4/c1-58(2)49-30-27-37-14-9-10-20-44(37)55(49)47-29-26-41(33-50(47)58)56-57-61-35-54(40-24-23-38-15-13-31-60-52(38)34-40)63(57)36-53(62-56)39-25-28-46-45-21-11-12-22-48(45)59(51(46)32-39,42-16-5-3-6-17-42)43-18-7-4-8-19-43/h3-36H,1-2H3. The average Bonchev–Trinajstić information content (AvgIpc) is 3.98. The molecule has 3 aromatic heterocycles. The Kier molecular flexibility index (Phi) is 7.54. The molecule has 13 rings (SSSR count). The third kappa shape index (κ3) is 5.06. The van der Waals surface area contributed by atoms with Gasteiger partial charge in [0.05, 0.1) is 28.5 Å². The van der Waals surface area contributed by atoms with Crippen LogP contribution in [0.3, 0.4) is 0 Å². The molecule has 11 aromatic rings. The summed E-state index contributed by atoms with van der Waals surface area (Å²) in [4.78, 5) is 15.5. The summed E-state index contributed by atoms with van der Waals surface area (Å²) in [5.74, 6) is 0. The Hall–Kier alpha value is -7.95. The van der Waals surface area contributed by atoms with Crippen LogP contribution in [0.4, 0.5) is 0 Å². The minimum absolute atomic E-state index is 0.204. The summed E-state index contributed by atoms with van der Waals surface area (Å²) in [6, 6.07) is 68.7. The van der Waals surface area contributed by atoms with Gasteiger partial charge in [0.2, 0.25) is 0 Å². The van der Waals surface area contributed by atoms with E-state index in [4.69, 9.17) is 15.0 Å². The van der Waals surface area contributed by atoms with E-state index in [9.17, 15) is 0 Å². The van der Waals surface area contributed by atoms with E-state index in [1.54, 1.807) is 0 Å². The molecule has 2 aliphatic rings. The summed E-state index contributed by atoms with van der Waals surface area (Å²) in [6.07, 6.45) is 6.02. The molecule has 0 N–H and O–H groups in total. The van der Waals surface area contributed by atoms with E-state index < -0.39 is 5.41 Å². The third-order valence-electron chi connectivity index (χ3n) is 14.0. The lowest BCUT2D eigenvalue weighted by atomic mass is 9.67. The number of aromatic nitrogens is 4. The fraction of sp³-hybridized carbons (Fsp3) is 0.0678. The van der Waals surface area contributed by atoms with Gasteiger partial charge in [-0.3, -0.25) is 9.38 Å². The highest BCUT2D eigenvalue weighted by molar-refractivity contribution is 6.03. The number of benzene rings is 8. The van der Waals surface area contributed by atoms with E-state index >= 15 is 0 Å². The number of nitrogens with zero attached hydrogens (tertiary/aromatic N) is 4. The number of hydrogen-bond acceptors (Lipinski definition) is 3. The zero-order chi connectivity index (χ0) is 41.9. The Labute approximate surface area is 365 Å². The van der Waals surface area contributed by atoms with Crippen LogP contribution in [0, 0.1) is 0 Å². The van der Waals surface area contributed by atoms with E-state index in [0.717, 1.165) is 50.3 Å². The lowest BCUT2D eigenvalue weighted by molar-refractivity contribution is 0.661. The second kappa shape index (κ2) is 13.3. The molecule has 63 heavy (non-hydrogen) atoms. The summed E-state index contributed by atoms with van der Waals surface area (Å²) in [5, 5.41) is 3.66. The van der Waals surface area contributed by atoms with Crippen molar-refractivity contribution in [3.8, 4) is 56.0 Å². The van der Waals surface area contributed by atoms with Gasteiger partial charge in [0.25, 0.3) is 0 Å². The smallest absolute Gasteiger partial charge is 0.164 e. The van der Waals surface area contributed by atoms with Crippen molar-refractivity contribution < 1.29 is 0 Å². The first-order chi connectivity index (χ1) is 31.0. The summed E-state index contributed by atoms with van der Waals surface area (Å²) >= 11 is 0. The van der Waals surface area contributed by atoms with Gasteiger partial charge in [0.1, 0.15) is 5.69 Å². The van der Waals surface area contributed by atoms with Crippen LogP contribution in [0.15, 0.2) is 207 Å². The van der Waals surface area contributed by atoms with Crippen molar-refractivity contribution in [1.29, 1.82) is 0 Å². The largest absolute Gasteiger partial charge is 0.296 e. The van der Waals surface area contributed by atoms with E-state index in [-0.39, 0.29) is 5.41 Å². The fourth-order valence-corrected chi connectivity index (χ4v) is 11.0. The lowest BCUT2D eigenvalue weighted by Crippen LogP contribution is -2.28. The quantitative estimate of drug-likeness (QED) is 0.174. The molecule has 4 nitrogen and oxygen atoms in total. The van der Waals surface area contributed by atoms with E-state index in [1.165, 1.54) is 66.4 Å². The minimum Gasteiger partial charge on any atom is -0.296 e. The predicted octanol–water partition coefficient (Wildman–Crippen LogP) is 14.1. The second-order valence-corrected chi connectivity index (χ2v) is 17.6. The SMILES string of the molecule is CC1(C)c2cc(-c3nc(-c4ccc5c(c4)C(c4ccccc4)(c4ccccc4)c4ccccc4-5)cn4c(-c5ccc6cccnc6c5)cnc34)ccc2-c2c1ccc1ccccc21. The zero-order valence-electron chi connectivity index (χ0n) is 34.9. The van der Waals surface area contributed by atoms with Gasteiger partial charge >= 0.3 is 0 Å². The second-order valence-electron chi connectivity index (χ2n) is 17.6. The lowest BCUT2D eigenvalue weighted by Gasteiger charge is -2.34. The normalized spacial score (nSPS) is 14.1. The molecule has 0 spiro atoms. The summed E-state index contributed by atoms with van der Waals surface area (Å²) < 4.78 is 2.24. The highest BCUT2D eigenvalue weighted by atomic mass is 15.0. The van der Waals surface area contributed by atoms with Gasteiger partial charge in [-0.05, 0) is 90.7 Å². The molecule has 0 unspecified atom stereocenters. The van der Waals surface area contributed by atoms with Crippen molar-refractivity contribution in [1.82, 2.24) is 19.4 Å². The Morgan fingerprint density at radius 2 is 1.14 bits per heavy atom. The molecule has 4 heteroatoms. The Bertz CT molecular complexity index is 3620. The summed E-state index contributed by atoms with van der Waals surface area (Å²) in [7, 11) is 0. The first kappa shape index (κ1) is 35.8. The van der Waals surface area contributed by atoms with Crippen LogP contribution < -0.4 is 0 Å². The van der Waals surface area contributed by atoms with E-state index in [0.29, 0.717) is 0 Å². The topological polar surface area (TPSA) is 43.1 Å². The highest BCUT2D eigenvalue weighted by Crippen LogP contribution is 2.57. The highest BCUT2D eigenvalue weighted by Gasteiger charge is 2.46. The fourth-order valence-electron chi connectivity index (χ4n) is 11.0. The van der Waals surface area contributed by atoms with Gasteiger partial charge in [-0.1, -0.05) is 178 Å². The van der Waals surface area contributed by atoms with Crippen LogP contribution >= 0.6 is 0 Å². The van der Waals surface area contributed by atoms with Crippen molar-refractivity contribution in [3.05, 3.63) is 240 Å². The maximum Gasteiger partial charge on any atom is 0.164 e. The Balaban J connectivity index is 1.06. The van der Waals surface area contributed by atoms with Gasteiger partial charge in [0.15, 0.2) is 5.65 Å². The van der Waals surface area contributed by atoms with E-state index in [1.807, 2.05) is 18.5 Å². The zero-order valence-corrected chi connectivity index (χ0v) is 34.9. The third-order valence-corrected chi connectivity index (χ3v) is 14.0. The molecule has 8 aromatic carbocycles. The van der Waals surface area contributed by atoms with Gasteiger partial charge in [-0.25, -0.2) is 9.97 Å². The van der Waals surface area contributed by atoms with Crippen molar-refractivity contribution in [2.75, 3.05) is 0 Å². The molecule has 0 aliphatic heterocycles. The molecule has 0 amide bonds. The van der Waals surface area contributed by atoms with Gasteiger partial charge in [-0.15, -0.1) is 0 Å². The van der Waals surface area contributed by atoms with E-state index in [2.05, 4.69) is 206 Å². The molecule has 3 heterocycles. The molecule has 0 saturated heterocycles. The van der Waals surface area contributed by atoms with Crippen LogP contribution in [0.5, 0.6) is 0 Å². The maximum absolute atomic E-state index is 5.64. The molecule has 0 atom stereocenters. The van der Waals surface area contributed by atoms with Crippen molar-refractivity contribution in [2.24, 2.45) is 0 Å². The van der Waals surface area contributed by atoms with Crippen LogP contribution in [0.2, 0.25) is 0 Å². The molecule has 0 saturated carbocycles. The Morgan fingerprint density at radius 3 is 1.98 bits per heavy atom. The van der Waals surface area contributed by atoms with Crippen LogP contribution in [0.25, 0.3) is 83.3 Å². The monoisotopic (exact) mass is 804 g/mol. The number of pyridine rings is 1. The van der Waals surface area contributed by atoms with Gasteiger partial charge < -0.3 is 0 Å². The summed E-state index contributed by atoms with van der Waals surface area (Å²) in [5.41, 5.74) is 19.6. The minimum atomic E-state index is -0.527. The number of rotatable bonds is 5. The molecular formula is C59H40N4. The van der Waals surface area contributed by atoms with Gasteiger partial charge in [0, 0.05) is 39.9 Å². The maximum atomic E-state index is 5.64. The average molecular weight is 805 g/mol. The molecule has 0 radical (unpaired) electrons. The first-order valence-electron chi connectivity index (χ1n) is 21.7.